The lowest BCUT2D eigenvalue weighted by Gasteiger charge is -2.28. The van der Waals surface area contributed by atoms with Gasteiger partial charge in [0.1, 0.15) is 0 Å². The van der Waals surface area contributed by atoms with Crippen molar-refractivity contribution in [3.05, 3.63) is 35.4 Å². The highest BCUT2D eigenvalue weighted by atomic mass is 16.2. The zero-order valence-corrected chi connectivity index (χ0v) is 13.1. The second-order valence-corrected chi connectivity index (χ2v) is 6.02. The van der Waals surface area contributed by atoms with Crippen LogP contribution in [0.2, 0.25) is 0 Å². The first kappa shape index (κ1) is 15.5. The second-order valence-electron chi connectivity index (χ2n) is 6.02. The van der Waals surface area contributed by atoms with Gasteiger partial charge in [-0.1, -0.05) is 29.8 Å². The first-order chi connectivity index (χ1) is 9.99. The first-order valence-corrected chi connectivity index (χ1v) is 7.64. The van der Waals surface area contributed by atoms with E-state index in [9.17, 15) is 9.59 Å². The highest BCUT2D eigenvalue weighted by Gasteiger charge is 2.30. The van der Waals surface area contributed by atoms with E-state index in [1.165, 1.54) is 0 Å². The highest BCUT2D eigenvalue weighted by Crippen LogP contribution is 2.14. The van der Waals surface area contributed by atoms with Crippen LogP contribution in [0.1, 0.15) is 37.8 Å². The molecule has 2 rings (SSSR count). The monoisotopic (exact) mass is 288 g/mol. The van der Waals surface area contributed by atoms with Crippen molar-refractivity contribution in [1.29, 1.82) is 0 Å². The Kier molecular flexibility index (Phi) is 4.99. The Hall–Kier alpha value is -1.84. The molecule has 1 saturated heterocycles. The SMILES string of the molecule is Cc1cccc(CN(C(=O)C(=O)N2CCCC2)C(C)C)c1. The van der Waals surface area contributed by atoms with E-state index in [-0.39, 0.29) is 17.9 Å². The van der Waals surface area contributed by atoms with Crippen molar-refractivity contribution >= 4 is 11.8 Å². The van der Waals surface area contributed by atoms with E-state index < -0.39 is 0 Å². The molecule has 1 aliphatic rings. The van der Waals surface area contributed by atoms with Crippen LogP contribution in [0.5, 0.6) is 0 Å². The summed E-state index contributed by atoms with van der Waals surface area (Å²) in [5, 5.41) is 0. The fourth-order valence-corrected chi connectivity index (χ4v) is 2.67. The molecule has 0 aliphatic carbocycles. The van der Waals surface area contributed by atoms with E-state index in [1.807, 2.05) is 39.0 Å². The molecule has 1 aromatic rings. The van der Waals surface area contributed by atoms with Gasteiger partial charge >= 0.3 is 11.8 Å². The molecule has 0 saturated carbocycles. The number of rotatable bonds is 3. The van der Waals surface area contributed by atoms with Crippen LogP contribution < -0.4 is 0 Å². The Balaban J connectivity index is 2.10. The molecule has 4 heteroatoms. The lowest BCUT2D eigenvalue weighted by atomic mass is 10.1. The minimum atomic E-state index is -0.381. The van der Waals surface area contributed by atoms with Crippen molar-refractivity contribution in [3.63, 3.8) is 0 Å². The number of carbonyl (C=O) groups excluding carboxylic acids is 2. The van der Waals surface area contributed by atoms with Crippen molar-refractivity contribution in [2.45, 2.75) is 46.2 Å². The summed E-state index contributed by atoms with van der Waals surface area (Å²) in [5.74, 6) is -0.734. The van der Waals surface area contributed by atoms with Crippen molar-refractivity contribution < 1.29 is 9.59 Å². The van der Waals surface area contributed by atoms with Crippen LogP contribution in [0.15, 0.2) is 24.3 Å². The maximum absolute atomic E-state index is 12.5. The first-order valence-electron chi connectivity index (χ1n) is 7.64. The van der Waals surface area contributed by atoms with Crippen LogP contribution in [0, 0.1) is 6.92 Å². The average molecular weight is 288 g/mol. The number of benzene rings is 1. The number of nitrogens with zero attached hydrogens (tertiary/aromatic N) is 2. The van der Waals surface area contributed by atoms with Gasteiger partial charge in [-0.25, -0.2) is 0 Å². The molecule has 1 fully saturated rings. The summed E-state index contributed by atoms with van der Waals surface area (Å²) in [5.41, 5.74) is 2.22. The zero-order chi connectivity index (χ0) is 15.4. The van der Waals surface area contributed by atoms with Crippen molar-refractivity contribution in [2.24, 2.45) is 0 Å². The summed E-state index contributed by atoms with van der Waals surface area (Å²) in [4.78, 5) is 28.1. The fraction of sp³-hybridized carbons (Fsp3) is 0.529. The third-order valence-electron chi connectivity index (χ3n) is 3.90. The molecule has 0 spiro atoms. The molecule has 1 heterocycles. The largest absolute Gasteiger partial charge is 0.334 e. The van der Waals surface area contributed by atoms with Gasteiger partial charge in [0.05, 0.1) is 0 Å². The third kappa shape index (κ3) is 3.84. The number of hydrogen-bond donors (Lipinski definition) is 0. The van der Waals surface area contributed by atoms with Gasteiger partial charge in [0.2, 0.25) is 0 Å². The van der Waals surface area contributed by atoms with Crippen molar-refractivity contribution in [2.75, 3.05) is 13.1 Å². The summed E-state index contributed by atoms with van der Waals surface area (Å²) >= 11 is 0. The van der Waals surface area contributed by atoms with E-state index in [0.717, 1.165) is 24.0 Å². The van der Waals surface area contributed by atoms with Gasteiger partial charge in [0, 0.05) is 25.7 Å². The Bertz CT molecular complexity index is 519. The van der Waals surface area contributed by atoms with Gasteiger partial charge in [-0.05, 0) is 39.2 Å². The Labute approximate surface area is 126 Å². The molecule has 0 radical (unpaired) electrons. The Morgan fingerprint density at radius 1 is 1.24 bits per heavy atom. The molecular formula is C17H24N2O2. The van der Waals surface area contributed by atoms with Crippen LogP contribution in [0.25, 0.3) is 0 Å². The van der Waals surface area contributed by atoms with Crippen LogP contribution >= 0.6 is 0 Å². The molecule has 1 aromatic carbocycles. The molecule has 0 aromatic heterocycles. The number of amides is 2. The Morgan fingerprint density at radius 2 is 1.90 bits per heavy atom. The minimum Gasteiger partial charge on any atom is -0.334 e. The topological polar surface area (TPSA) is 40.6 Å². The van der Waals surface area contributed by atoms with Crippen LogP contribution in [-0.4, -0.2) is 40.7 Å². The molecular weight excluding hydrogens is 264 g/mol. The lowest BCUT2D eigenvalue weighted by Crippen LogP contribution is -2.46. The summed E-state index contributed by atoms with van der Waals surface area (Å²) in [6, 6.07) is 8.07. The number of hydrogen-bond acceptors (Lipinski definition) is 2. The molecule has 0 bridgehead atoms. The second kappa shape index (κ2) is 6.74. The summed E-state index contributed by atoms with van der Waals surface area (Å²) in [7, 11) is 0. The predicted molar refractivity (Wildman–Crippen MR) is 82.7 cm³/mol. The summed E-state index contributed by atoms with van der Waals surface area (Å²) in [6.45, 7) is 7.83. The minimum absolute atomic E-state index is 0.00423. The predicted octanol–water partition coefficient (Wildman–Crippen LogP) is 2.35. The van der Waals surface area contributed by atoms with Crippen molar-refractivity contribution in [1.82, 2.24) is 9.80 Å². The van der Waals surface area contributed by atoms with Crippen molar-refractivity contribution in [3.8, 4) is 0 Å². The van der Waals surface area contributed by atoms with Crippen LogP contribution in [0.3, 0.4) is 0 Å². The van der Waals surface area contributed by atoms with Crippen LogP contribution in [0.4, 0.5) is 0 Å². The molecule has 114 valence electrons. The quantitative estimate of drug-likeness (QED) is 0.801. The summed E-state index contributed by atoms with van der Waals surface area (Å²) in [6.07, 6.45) is 2.00. The number of likely N-dealkylation sites (tertiary alicyclic amines) is 1. The highest BCUT2D eigenvalue weighted by molar-refractivity contribution is 6.35. The van der Waals surface area contributed by atoms with E-state index in [4.69, 9.17) is 0 Å². The molecule has 0 atom stereocenters. The van der Waals surface area contributed by atoms with E-state index in [0.29, 0.717) is 19.6 Å². The zero-order valence-electron chi connectivity index (χ0n) is 13.1. The average Bonchev–Trinajstić information content (AvgIpc) is 2.97. The van der Waals surface area contributed by atoms with Gasteiger partial charge in [0.15, 0.2) is 0 Å². The van der Waals surface area contributed by atoms with Crippen LogP contribution in [-0.2, 0) is 16.1 Å². The standard InChI is InChI=1S/C17H24N2O2/c1-13(2)19(12-15-8-6-7-14(3)11-15)17(21)16(20)18-9-4-5-10-18/h6-8,11,13H,4-5,9-10,12H2,1-3H3. The molecule has 4 nitrogen and oxygen atoms in total. The molecule has 0 N–H and O–H groups in total. The smallest absolute Gasteiger partial charge is 0.312 e. The molecule has 0 unspecified atom stereocenters. The normalized spacial score (nSPS) is 14.6. The third-order valence-corrected chi connectivity index (χ3v) is 3.90. The van der Waals surface area contributed by atoms with E-state index >= 15 is 0 Å². The maximum Gasteiger partial charge on any atom is 0.312 e. The van der Waals surface area contributed by atoms with Gasteiger partial charge in [-0.3, -0.25) is 9.59 Å². The van der Waals surface area contributed by atoms with Gasteiger partial charge in [0.25, 0.3) is 0 Å². The number of aryl methyl sites for hydroxylation is 1. The van der Waals surface area contributed by atoms with E-state index in [1.54, 1.807) is 9.80 Å². The van der Waals surface area contributed by atoms with E-state index in [2.05, 4.69) is 6.07 Å². The molecule has 2 amide bonds. The molecule has 21 heavy (non-hydrogen) atoms. The van der Waals surface area contributed by atoms with Gasteiger partial charge in [-0.15, -0.1) is 0 Å². The Morgan fingerprint density at radius 3 is 2.48 bits per heavy atom. The fourth-order valence-electron chi connectivity index (χ4n) is 2.67. The number of carbonyl (C=O) groups is 2. The summed E-state index contributed by atoms with van der Waals surface area (Å²) < 4.78 is 0. The lowest BCUT2D eigenvalue weighted by molar-refractivity contribution is -0.152. The maximum atomic E-state index is 12.5. The van der Waals surface area contributed by atoms with Gasteiger partial charge < -0.3 is 9.80 Å². The molecule has 1 aliphatic heterocycles. The van der Waals surface area contributed by atoms with Gasteiger partial charge in [-0.2, -0.15) is 0 Å².